The number of rotatable bonds is 7. The lowest BCUT2D eigenvalue weighted by Gasteiger charge is -2.33. The summed E-state index contributed by atoms with van der Waals surface area (Å²) in [5.74, 6) is -1.20. The van der Waals surface area contributed by atoms with Crippen molar-refractivity contribution in [3.8, 4) is 0 Å². The van der Waals surface area contributed by atoms with E-state index in [2.05, 4.69) is 10.4 Å². The van der Waals surface area contributed by atoms with E-state index in [4.69, 9.17) is 5.11 Å². The Bertz CT molecular complexity index is 693. The number of benzene rings is 1. The van der Waals surface area contributed by atoms with Crippen molar-refractivity contribution in [1.82, 2.24) is 15.1 Å². The van der Waals surface area contributed by atoms with Gasteiger partial charge in [0, 0.05) is 18.0 Å². The smallest absolute Gasteiger partial charge is 0.305 e. The number of nitrogens with zero attached hydrogens (tertiary/aromatic N) is 2. The largest absolute Gasteiger partial charge is 0.481 e. The highest BCUT2D eigenvalue weighted by Crippen LogP contribution is 2.21. The zero-order valence-corrected chi connectivity index (χ0v) is 14.2. The van der Waals surface area contributed by atoms with Gasteiger partial charge in [-0.25, -0.2) is 0 Å². The quantitative estimate of drug-likeness (QED) is 0.817. The topological polar surface area (TPSA) is 84.2 Å². The zero-order valence-electron chi connectivity index (χ0n) is 14.2. The van der Waals surface area contributed by atoms with Gasteiger partial charge in [-0.15, -0.1) is 0 Å². The van der Waals surface area contributed by atoms with Gasteiger partial charge in [-0.2, -0.15) is 5.10 Å². The van der Waals surface area contributed by atoms with E-state index in [0.29, 0.717) is 12.1 Å². The first-order valence-corrected chi connectivity index (χ1v) is 7.91. The third-order valence-electron chi connectivity index (χ3n) is 4.31. The molecule has 1 aromatic heterocycles. The number of carbonyl (C=O) groups is 2. The molecule has 0 spiro atoms. The molecule has 0 aliphatic carbocycles. The predicted octanol–water partition coefficient (Wildman–Crippen LogP) is 2.55. The SMILES string of the molecule is CC(C)C(C)(CC(=O)O)NC(=O)c1ccc(Cn2cccn2)cc1. The molecule has 1 amide bonds. The van der Waals surface area contributed by atoms with Crippen molar-refractivity contribution < 1.29 is 14.7 Å². The van der Waals surface area contributed by atoms with Crippen LogP contribution in [0.25, 0.3) is 0 Å². The number of carboxylic acid groups (broad SMARTS) is 1. The number of aromatic nitrogens is 2. The monoisotopic (exact) mass is 329 g/mol. The Hall–Kier alpha value is -2.63. The summed E-state index contributed by atoms with van der Waals surface area (Å²) in [5, 5.41) is 16.1. The minimum atomic E-state index is -0.930. The second-order valence-corrected chi connectivity index (χ2v) is 6.50. The van der Waals surface area contributed by atoms with Crippen LogP contribution in [-0.2, 0) is 11.3 Å². The summed E-state index contributed by atoms with van der Waals surface area (Å²) < 4.78 is 1.80. The van der Waals surface area contributed by atoms with Crippen molar-refractivity contribution in [1.29, 1.82) is 0 Å². The van der Waals surface area contributed by atoms with Crippen LogP contribution in [0.5, 0.6) is 0 Å². The van der Waals surface area contributed by atoms with Crippen LogP contribution in [0.4, 0.5) is 0 Å². The minimum absolute atomic E-state index is 0.00311. The van der Waals surface area contributed by atoms with Gasteiger partial charge in [0.15, 0.2) is 0 Å². The van der Waals surface area contributed by atoms with Gasteiger partial charge < -0.3 is 10.4 Å². The maximum atomic E-state index is 12.5. The van der Waals surface area contributed by atoms with Gasteiger partial charge in [0.1, 0.15) is 0 Å². The fourth-order valence-electron chi connectivity index (χ4n) is 2.38. The van der Waals surface area contributed by atoms with E-state index in [9.17, 15) is 9.59 Å². The van der Waals surface area contributed by atoms with E-state index in [1.807, 2.05) is 38.2 Å². The fraction of sp³-hybridized carbons (Fsp3) is 0.389. The van der Waals surface area contributed by atoms with Crippen LogP contribution >= 0.6 is 0 Å². The molecule has 2 N–H and O–H groups in total. The van der Waals surface area contributed by atoms with Crippen LogP contribution in [0, 0.1) is 5.92 Å². The van der Waals surface area contributed by atoms with Gasteiger partial charge in [-0.3, -0.25) is 14.3 Å². The van der Waals surface area contributed by atoms with Crippen molar-refractivity contribution in [3.63, 3.8) is 0 Å². The number of aliphatic carboxylic acids is 1. The van der Waals surface area contributed by atoms with Gasteiger partial charge >= 0.3 is 5.97 Å². The van der Waals surface area contributed by atoms with Crippen molar-refractivity contribution >= 4 is 11.9 Å². The maximum absolute atomic E-state index is 12.5. The Balaban J connectivity index is 2.07. The third-order valence-corrected chi connectivity index (χ3v) is 4.31. The minimum Gasteiger partial charge on any atom is -0.481 e. The second-order valence-electron chi connectivity index (χ2n) is 6.50. The summed E-state index contributed by atoms with van der Waals surface area (Å²) in [5.41, 5.74) is 0.750. The van der Waals surface area contributed by atoms with E-state index in [-0.39, 0.29) is 18.2 Å². The van der Waals surface area contributed by atoms with Crippen molar-refractivity contribution in [2.24, 2.45) is 5.92 Å². The van der Waals surface area contributed by atoms with Crippen LogP contribution < -0.4 is 5.32 Å². The molecule has 1 heterocycles. The first-order valence-electron chi connectivity index (χ1n) is 7.91. The van der Waals surface area contributed by atoms with Crippen LogP contribution in [-0.4, -0.2) is 32.3 Å². The van der Waals surface area contributed by atoms with Gasteiger partial charge in [0.05, 0.1) is 18.5 Å². The molecular weight excluding hydrogens is 306 g/mol. The normalized spacial score (nSPS) is 13.5. The first kappa shape index (κ1) is 17.7. The van der Waals surface area contributed by atoms with E-state index in [1.165, 1.54) is 0 Å². The van der Waals surface area contributed by atoms with Crippen LogP contribution in [0.2, 0.25) is 0 Å². The highest BCUT2D eigenvalue weighted by molar-refractivity contribution is 5.95. The van der Waals surface area contributed by atoms with E-state index in [1.54, 1.807) is 29.9 Å². The fourth-order valence-corrected chi connectivity index (χ4v) is 2.38. The Labute approximate surface area is 141 Å². The molecule has 6 nitrogen and oxygen atoms in total. The van der Waals surface area contributed by atoms with Crippen LogP contribution in [0.15, 0.2) is 42.7 Å². The highest BCUT2D eigenvalue weighted by atomic mass is 16.4. The Morgan fingerprint density at radius 3 is 2.46 bits per heavy atom. The van der Waals surface area contributed by atoms with Crippen LogP contribution in [0.3, 0.4) is 0 Å². The number of carboxylic acids is 1. The molecule has 128 valence electrons. The molecule has 0 aliphatic heterocycles. The van der Waals surface area contributed by atoms with Gasteiger partial charge in [-0.05, 0) is 36.6 Å². The lowest BCUT2D eigenvalue weighted by molar-refractivity contribution is -0.138. The first-order chi connectivity index (χ1) is 11.3. The zero-order chi connectivity index (χ0) is 17.7. The molecule has 2 rings (SSSR count). The van der Waals surface area contributed by atoms with Gasteiger partial charge in [-0.1, -0.05) is 26.0 Å². The average Bonchev–Trinajstić information content (AvgIpc) is 2.99. The molecule has 1 aromatic carbocycles. The molecule has 0 bridgehead atoms. The molecule has 1 atom stereocenters. The van der Waals surface area contributed by atoms with Crippen LogP contribution in [0.1, 0.15) is 43.1 Å². The van der Waals surface area contributed by atoms with Gasteiger partial charge in [0.2, 0.25) is 0 Å². The molecular formula is C18H23N3O3. The summed E-state index contributed by atoms with van der Waals surface area (Å²) >= 11 is 0. The number of nitrogens with one attached hydrogen (secondary N) is 1. The van der Waals surface area contributed by atoms with E-state index in [0.717, 1.165) is 5.56 Å². The molecule has 0 fully saturated rings. The summed E-state index contributed by atoms with van der Waals surface area (Å²) in [4.78, 5) is 23.5. The third kappa shape index (κ3) is 4.44. The lowest BCUT2D eigenvalue weighted by atomic mass is 9.85. The summed E-state index contributed by atoms with van der Waals surface area (Å²) in [7, 11) is 0. The number of amides is 1. The summed E-state index contributed by atoms with van der Waals surface area (Å²) in [6.07, 6.45) is 3.48. The molecule has 24 heavy (non-hydrogen) atoms. The number of hydrogen-bond donors (Lipinski definition) is 2. The second kappa shape index (κ2) is 7.29. The summed E-state index contributed by atoms with van der Waals surface area (Å²) in [6.45, 7) is 6.19. The van der Waals surface area contributed by atoms with E-state index < -0.39 is 11.5 Å². The molecule has 0 saturated heterocycles. The summed E-state index contributed by atoms with van der Waals surface area (Å²) in [6, 6.07) is 9.10. The highest BCUT2D eigenvalue weighted by Gasteiger charge is 2.33. The van der Waals surface area contributed by atoms with Crippen molar-refractivity contribution in [2.45, 2.75) is 39.3 Å². The molecule has 2 aromatic rings. The molecule has 1 unspecified atom stereocenters. The molecule has 0 saturated carbocycles. The maximum Gasteiger partial charge on any atom is 0.305 e. The van der Waals surface area contributed by atoms with Crippen molar-refractivity contribution in [2.75, 3.05) is 0 Å². The Kier molecular flexibility index (Phi) is 5.39. The molecule has 6 heteroatoms. The lowest BCUT2D eigenvalue weighted by Crippen LogP contribution is -2.51. The van der Waals surface area contributed by atoms with E-state index >= 15 is 0 Å². The standard InChI is InChI=1S/C18H23N3O3/c1-13(2)18(3,11-16(22)23)20-17(24)15-7-5-14(6-8-15)12-21-10-4-9-19-21/h4-10,13H,11-12H2,1-3H3,(H,20,24)(H,22,23). The number of carbonyl (C=O) groups excluding carboxylic acids is 1. The van der Waals surface area contributed by atoms with Gasteiger partial charge in [0.25, 0.3) is 5.91 Å². The Morgan fingerprint density at radius 1 is 1.29 bits per heavy atom. The van der Waals surface area contributed by atoms with Crippen molar-refractivity contribution in [3.05, 3.63) is 53.9 Å². The Morgan fingerprint density at radius 2 is 1.96 bits per heavy atom. The number of hydrogen-bond acceptors (Lipinski definition) is 3. The predicted molar refractivity (Wildman–Crippen MR) is 90.7 cm³/mol. The molecule has 0 aliphatic rings. The molecule has 0 radical (unpaired) electrons. The average molecular weight is 329 g/mol.